The van der Waals surface area contributed by atoms with Crippen LogP contribution >= 0.6 is 24.0 Å². The number of nitrogens with one attached hydrogen (secondary N) is 1. The van der Waals surface area contributed by atoms with Gasteiger partial charge in [-0.15, -0.1) is 24.0 Å². The Kier molecular flexibility index (Phi) is 10.8. The lowest BCUT2D eigenvalue weighted by molar-refractivity contribution is -0.00834. The molecule has 1 aromatic rings. The van der Waals surface area contributed by atoms with Gasteiger partial charge in [0.1, 0.15) is 6.10 Å². The second kappa shape index (κ2) is 12.8. The third-order valence-electron chi connectivity index (χ3n) is 5.96. The first-order valence-electron chi connectivity index (χ1n) is 11.2. The van der Waals surface area contributed by atoms with Gasteiger partial charge < -0.3 is 24.8 Å². The summed E-state index contributed by atoms with van der Waals surface area (Å²) in [5.41, 5.74) is 3.91. The largest absolute Gasteiger partial charge is 0.370 e. The molecule has 2 saturated heterocycles. The molecule has 2 aliphatic heterocycles. The van der Waals surface area contributed by atoms with Crippen LogP contribution in [0.1, 0.15) is 36.1 Å². The highest BCUT2D eigenvalue weighted by Gasteiger charge is 2.25. The van der Waals surface area contributed by atoms with Crippen LogP contribution in [0.25, 0.3) is 0 Å². The summed E-state index contributed by atoms with van der Waals surface area (Å²) in [4.78, 5) is 12.3. The number of ether oxygens (including phenoxy) is 1. The second-order valence-corrected chi connectivity index (χ2v) is 8.40. The normalized spacial score (nSPS) is 21.8. The molecule has 2 aliphatic rings. The number of aryl methyl sites for hydroxylation is 2. The van der Waals surface area contributed by atoms with Gasteiger partial charge >= 0.3 is 0 Å². The van der Waals surface area contributed by atoms with Crippen LogP contribution < -0.4 is 5.32 Å². The van der Waals surface area contributed by atoms with Gasteiger partial charge in [-0.25, -0.2) is 0 Å². The van der Waals surface area contributed by atoms with E-state index in [0.717, 1.165) is 58.4 Å². The van der Waals surface area contributed by atoms with Crippen LogP contribution in [0, 0.1) is 13.8 Å². The second-order valence-electron chi connectivity index (χ2n) is 8.40. The van der Waals surface area contributed by atoms with Crippen molar-refractivity contribution < 1.29 is 4.74 Å². The van der Waals surface area contributed by atoms with Gasteiger partial charge in [0.25, 0.3) is 0 Å². The van der Waals surface area contributed by atoms with Crippen molar-refractivity contribution in [3.8, 4) is 0 Å². The third kappa shape index (κ3) is 7.35. The maximum Gasteiger partial charge on any atom is 0.194 e. The lowest BCUT2D eigenvalue weighted by atomic mass is 10.00. The Morgan fingerprint density at radius 2 is 2.00 bits per heavy atom. The molecule has 0 saturated carbocycles. The van der Waals surface area contributed by atoms with Gasteiger partial charge in [0.05, 0.1) is 19.7 Å². The molecule has 0 radical (unpaired) electrons. The van der Waals surface area contributed by atoms with E-state index < -0.39 is 0 Å². The van der Waals surface area contributed by atoms with Gasteiger partial charge in [-0.05, 0) is 58.5 Å². The van der Waals surface area contributed by atoms with Crippen LogP contribution in [0.3, 0.4) is 0 Å². The van der Waals surface area contributed by atoms with Crippen molar-refractivity contribution in [3.05, 3.63) is 34.9 Å². The van der Waals surface area contributed by atoms with E-state index in [-0.39, 0.29) is 30.1 Å². The van der Waals surface area contributed by atoms with Gasteiger partial charge in [-0.3, -0.25) is 4.99 Å². The Morgan fingerprint density at radius 1 is 1.17 bits per heavy atom. The fourth-order valence-corrected chi connectivity index (χ4v) is 4.26. The van der Waals surface area contributed by atoms with Crippen LogP contribution in [0.4, 0.5) is 0 Å². The number of nitrogens with zero attached hydrogens (tertiary/aromatic N) is 4. The first-order chi connectivity index (χ1) is 14.1. The van der Waals surface area contributed by atoms with Crippen LogP contribution in [-0.2, 0) is 4.74 Å². The lowest BCUT2D eigenvalue weighted by Gasteiger charge is -2.36. The van der Waals surface area contributed by atoms with Gasteiger partial charge in [0.2, 0.25) is 0 Å². The van der Waals surface area contributed by atoms with Gasteiger partial charge in [0, 0.05) is 32.7 Å². The first-order valence-corrected chi connectivity index (χ1v) is 11.2. The number of likely N-dealkylation sites (N-methyl/N-ethyl adjacent to an activating group) is 1. The number of hydrogen-bond acceptors (Lipinski definition) is 4. The summed E-state index contributed by atoms with van der Waals surface area (Å²) in [6.45, 7) is 16.4. The molecular formula is C23H40IN5O. The predicted molar refractivity (Wildman–Crippen MR) is 136 cm³/mol. The van der Waals surface area contributed by atoms with Crippen LogP contribution in [-0.4, -0.2) is 93.2 Å². The maximum atomic E-state index is 6.13. The van der Waals surface area contributed by atoms with Crippen molar-refractivity contribution in [2.45, 2.75) is 33.3 Å². The maximum absolute atomic E-state index is 6.13. The Morgan fingerprint density at radius 3 is 2.77 bits per heavy atom. The molecule has 6 nitrogen and oxygen atoms in total. The summed E-state index contributed by atoms with van der Waals surface area (Å²) in [6, 6.07) is 6.65. The van der Waals surface area contributed by atoms with Crippen molar-refractivity contribution in [2.75, 3.05) is 72.6 Å². The average molecular weight is 530 g/mol. The van der Waals surface area contributed by atoms with Gasteiger partial charge in [0.15, 0.2) is 5.96 Å². The molecule has 0 aromatic heterocycles. The van der Waals surface area contributed by atoms with Gasteiger partial charge in [-0.1, -0.05) is 23.8 Å². The molecule has 2 fully saturated rings. The molecule has 2 heterocycles. The van der Waals surface area contributed by atoms with Crippen molar-refractivity contribution in [3.63, 3.8) is 0 Å². The summed E-state index contributed by atoms with van der Waals surface area (Å²) in [5.74, 6) is 1.03. The highest BCUT2D eigenvalue weighted by atomic mass is 127. The molecule has 170 valence electrons. The molecule has 3 rings (SSSR count). The quantitative estimate of drug-likeness (QED) is 0.361. The number of aliphatic imine (C=N–C) groups is 1. The molecule has 1 N–H and O–H groups in total. The molecule has 0 spiro atoms. The standard InChI is InChI=1S/C23H39N5O.HI/c1-5-24-23(25-9-12-27-11-6-10-26(4)13-14-27)28-15-16-29-22(18-28)21-8-7-19(2)17-20(21)3;/h7-8,17,22H,5-6,9-16,18H2,1-4H3,(H,24,25);1H. The fraction of sp³-hybridized carbons (Fsp3) is 0.696. The Hall–Kier alpha value is -0.900. The zero-order valence-electron chi connectivity index (χ0n) is 19.2. The summed E-state index contributed by atoms with van der Waals surface area (Å²) in [7, 11) is 2.22. The van der Waals surface area contributed by atoms with E-state index in [1.54, 1.807) is 0 Å². The summed E-state index contributed by atoms with van der Waals surface area (Å²) in [6.07, 6.45) is 1.36. The fourth-order valence-electron chi connectivity index (χ4n) is 4.26. The van der Waals surface area contributed by atoms with Crippen molar-refractivity contribution >= 4 is 29.9 Å². The first kappa shape index (κ1) is 25.4. The zero-order chi connectivity index (χ0) is 20.6. The van der Waals surface area contributed by atoms with E-state index >= 15 is 0 Å². The Bertz CT molecular complexity index is 684. The number of halogens is 1. The monoisotopic (exact) mass is 529 g/mol. The van der Waals surface area contributed by atoms with Gasteiger partial charge in [-0.2, -0.15) is 0 Å². The molecule has 0 aliphatic carbocycles. The number of benzene rings is 1. The minimum absolute atomic E-state index is 0. The minimum Gasteiger partial charge on any atom is -0.370 e. The number of guanidine groups is 1. The molecule has 0 amide bonds. The molecular weight excluding hydrogens is 489 g/mol. The van der Waals surface area contributed by atoms with E-state index in [2.05, 4.69) is 66.0 Å². The Labute approximate surface area is 200 Å². The van der Waals surface area contributed by atoms with E-state index in [0.29, 0.717) is 0 Å². The van der Waals surface area contributed by atoms with Crippen LogP contribution in [0.5, 0.6) is 0 Å². The average Bonchev–Trinajstić information content (AvgIpc) is 2.91. The molecule has 0 bridgehead atoms. The molecule has 1 aromatic carbocycles. The summed E-state index contributed by atoms with van der Waals surface area (Å²) >= 11 is 0. The number of hydrogen-bond donors (Lipinski definition) is 1. The zero-order valence-corrected chi connectivity index (χ0v) is 21.5. The van der Waals surface area contributed by atoms with Crippen molar-refractivity contribution in [1.29, 1.82) is 0 Å². The SMILES string of the molecule is CCNC(=NCCN1CCCN(C)CC1)N1CCOC(c2ccc(C)cc2C)C1.I. The third-order valence-corrected chi connectivity index (χ3v) is 5.96. The highest BCUT2D eigenvalue weighted by Crippen LogP contribution is 2.25. The van der Waals surface area contributed by atoms with Crippen LogP contribution in [0.2, 0.25) is 0 Å². The molecule has 7 heteroatoms. The number of rotatable bonds is 5. The highest BCUT2D eigenvalue weighted by molar-refractivity contribution is 14.0. The molecule has 1 unspecified atom stereocenters. The summed E-state index contributed by atoms with van der Waals surface area (Å²) in [5, 5.41) is 3.50. The van der Waals surface area contributed by atoms with Crippen molar-refractivity contribution in [1.82, 2.24) is 20.0 Å². The number of morpholine rings is 1. The molecule has 1 atom stereocenters. The van der Waals surface area contributed by atoms with E-state index in [1.165, 1.54) is 36.2 Å². The van der Waals surface area contributed by atoms with Crippen LogP contribution in [0.15, 0.2) is 23.2 Å². The molecule has 30 heavy (non-hydrogen) atoms. The lowest BCUT2D eigenvalue weighted by Crippen LogP contribution is -2.48. The summed E-state index contributed by atoms with van der Waals surface area (Å²) < 4.78 is 6.13. The van der Waals surface area contributed by atoms with Crippen molar-refractivity contribution in [2.24, 2.45) is 4.99 Å². The smallest absolute Gasteiger partial charge is 0.194 e. The topological polar surface area (TPSA) is 43.3 Å². The van der Waals surface area contributed by atoms with E-state index in [9.17, 15) is 0 Å². The van der Waals surface area contributed by atoms with E-state index in [4.69, 9.17) is 9.73 Å². The van der Waals surface area contributed by atoms with E-state index in [1.807, 2.05) is 0 Å². The minimum atomic E-state index is 0. The Balaban J connectivity index is 0.00000320. The predicted octanol–water partition coefficient (Wildman–Crippen LogP) is 2.90.